The van der Waals surface area contributed by atoms with E-state index in [1.807, 2.05) is 0 Å². The van der Waals surface area contributed by atoms with Crippen LogP contribution in [0.25, 0.3) is 0 Å². The molecule has 3 N–H and O–H groups in total. The number of nitrogens with zero attached hydrogens (tertiary/aromatic N) is 1. The van der Waals surface area contributed by atoms with Crippen molar-refractivity contribution in [1.29, 1.82) is 0 Å². The summed E-state index contributed by atoms with van der Waals surface area (Å²) in [6, 6.07) is 6.35. The number of halogens is 2. The van der Waals surface area contributed by atoms with Gasteiger partial charge in [0, 0.05) is 25.7 Å². The maximum absolute atomic E-state index is 13.3. The van der Waals surface area contributed by atoms with Crippen LogP contribution in [0.5, 0.6) is 0 Å². The van der Waals surface area contributed by atoms with Gasteiger partial charge >= 0.3 is 0 Å². The number of morpholine rings is 1. The number of hydrogen-bond donors (Lipinski definition) is 3. The minimum atomic E-state index is -0.337. The molecule has 1 amide bonds. The van der Waals surface area contributed by atoms with Crippen molar-refractivity contribution in [3.05, 3.63) is 35.6 Å². The van der Waals surface area contributed by atoms with E-state index >= 15 is 0 Å². The highest BCUT2D eigenvalue weighted by molar-refractivity contribution is 9.09. The number of carbonyl (C=O) groups is 1. The van der Waals surface area contributed by atoms with Gasteiger partial charge in [-0.1, -0.05) is 41.9 Å². The molecule has 2 fully saturated rings. The maximum Gasteiger partial charge on any atom is 0.239 e. The third kappa shape index (κ3) is 5.06. The number of carbonyl (C=O) groups excluding carboxylic acids is 1. The van der Waals surface area contributed by atoms with E-state index in [4.69, 9.17) is 4.74 Å². The van der Waals surface area contributed by atoms with Gasteiger partial charge in [0.05, 0.1) is 24.1 Å². The lowest BCUT2D eigenvalue weighted by Gasteiger charge is -2.35. The molecule has 4 atom stereocenters. The Hall–Kier alpha value is -1.06. The van der Waals surface area contributed by atoms with Crippen LogP contribution < -0.4 is 16.2 Å². The summed E-state index contributed by atoms with van der Waals surface area (Å²) in [5.41, 5.74) is 7.29. The van der Waals surface area contributed by atoms with Crippen molar-refractivity contribution in [2.24, 2.45) is 5.92 Å². The first-order chi connectivity index (χ1) is 13.0. The number of amides is 1. The van der Waals surface area contributed by atoms with Crippen molar-refractivity contribution < 1.29 is 13.9 Å². The highest BCUT2D eigenvalue weighted by Crippen LogP contribution is 2.24. The molecule has 2 heterocycles. The second kappa shape index (κ2) is 9.43. The van der Waals surface area contributed by atoms with Gasteiger partial charge in [0.1, 0.15) is 11.9 Å². The summed E-state index contributed by atoms with van der Waals surface area (Å²) in [5.74, 6) is 0.0967. The molecule has 0 bridgehead atoms. The van der Waals surface area contributed by atoms with Crippen LogP contribution in [0, 0.1) is 11.7 Å². The Bertz CT molecular complexity index is 625. The molecule has 0 radical (unpaired) electrons. The fraction of sp³-hybridized carbons (Fsp3) is 0.632. The van der Waals surface area contributed by atoms with Crippen LogP contribution in [0.3, 0.4) is 0 Å². The molecule has 6 nitrogen and oxygen atoms in total. The molecule has 2 aliphatic heterocycles. The van der Waals surface area contributed by atoms with Gasteiger partial charge in [-0.2, -0.15) is 0 Å². The lowest BCUT2D eigenvalue weighted by atomic mass is 9.99. The van der Waals surface area contributed by atoms with Crippen molar-refractivity contribution in [3.63, 3.8) is 0 Å². The third-order valence-corrected chi connectivity index (χ3v) is 6.38. The SMILES string of the molecule is CC(C)C1NNC(C(=O)NCC(c2ccc(F)cc2)N2CCOCC2)C1Br. The summed E-state index contributed by atoms with van der Waals surface area (Å²) in [6.07, 6.45) is 0. The molecule has 4 unspecified atom stereocenters. The first-order valence-corrected chi connectivity index (χ1v) is 10.4. The highest BCUT2D eigenvalue weighted by atomic mass is 79.9. The van der Waals surface area contributed by atoms with Crippen LogP contribution >= 0.6 is 15.9 Å². The molecule has 0 aromatic heterocycles. The quantitative estimate of drug-likeness (QED) is 0.583. The second-order valence-electron chi connectivity index (χ2n) is 7.44. The van der Waals surface area contributed by atoms with Gasteiger partial charge in [-0.3, -0.25) is 15.1 Å². The topological polar surface area (TPSA) is 65.6 Å². The van der Waals surface area contributed by atoms with Gasteiger partial charge in [-0.15, -0.1) is 0 Å². The Labute approximate surface area is 168 Å². The number of ether oxygens (including phenoxy) is 1. The largest absolute Gasteiger partial charge is 0.379 e. The average molecular weight is 443 g/mol. The van der Waals surface area contributed by atoms with Crippen molar-refractivity contribution >= 4 is 21.8 Å². The molecular formula is C19H28BrFN4O2. The molecular weight excluding hydrogens is 415 g/mol. The lowest BCUT2D eigenvalue weighted by molar-refractivity contribution is -0.123. The third-order valence-electron chi connectivity index (χ3n) is 5.28. The molecule has 0 aliphatic carbocycles. The van der Waals surface area contributed by atoms with Gasteiger partial charge in [0.15, 0.2) is 0 Å². The summed E-state index contributed by atoms with van der Waals surface area (Å²) in [6.45, 7) is 7.62. The summed E-state index contributed by atoms with van der Waals surface area (Å²) in [7, 11) is 0. The van der Waals surface area contributed by atoms with Crippen molar-refractivity contribution in [2.45, 2.75) is 36.8 Å². The van der Waals surface area contributed by atoms with Gasteiger partial charge in [-0.25, -0.2) is 9.82 Å². The number of rotatable bonds is 6. The fourth-order valence-corrected chi connectivity index (χ4v) is 4.75. The predicted molar refractivity (Wildman–Crippen MR) is 106 cm³/mol. The molecule has 8 heteroatoms. The Balaban J connectivity index is 1.65. The first kappa shape index (κ1) is 20.7. The van der Waals surface area contributed by atoms with E-state index in [0.29, 0.717) is 25.7 Å². The number of nitrogens with one attached hydrogen (secondary N) is 3. The molecule has 1 aromatic rings. The summed E-state index contributed by atoms with van der Waals surface area (Å²) in [4.78, 5) is 15.0. The van der Waals surface area contributed by atoms with Gasteiger partial charge in [0.2, 0.25) is 5.91 Å². The molecule has 2 saturated heterocycles. The Morgan fingerprint density at radius 3 is 2.56 bits per heavy atom. The normalized spacial score (nSPS) is 27.7. The second-order valence-corrected chi connectivity index (χ2v) is 8.50. The molecule has 0 saturated carbocycles. The summed E-state index contributed by atoms with van der Waals surface area (Å²) in [5, 5.41) is 3.08. The molecule has 2 aliphatic rings. The van der Waals surface area contributed by atoms with Gasteiger partial charge in [0.25, 0.3) is 0 Å². The van der Waals surface area contributed by atoms with Crippen molar-refractivity contribution in [3.8, 4) is 0 Å². The molecule has 3 rings (SSSR count). The monoisotopic (exact) mass is 442 g/mol. The molecule has 0 spiro atoms. The van der Waals surface area contributed by atoms with Gasteiger partial charge < -0.3 is 10.1 Å². The summed E-state index contributed by atoms with van der Waals surface area (Å²) < 4.78 is 18.8. The zero-order valence-electron chi connectivity index (χ0n) is 15.8. The van der Waals surface area contributed by atoms with Gasteiger partial charge in [-0.05, 0) is 23.6 Å². The number of alkyl halides is 1. The first-order valence-electron chi connectivity index (χ1n) is 9.47. The Morgan fingerprint density at radius 1 is 1.30 bits per heavy atom. The Kier molecular flexibility index (Phi) is 7.22. The van der Waals surface area contributed by atoms with Crippen molar-refractivity contribution in [2.75, 3.05) is 32.8 Å². The number of benzene rings is 1. The maximum atomic E-state index is 13.3. The minimum absolute atomic E-state index is 0.0116. The van der Waals surface area contributed by atoms with Crippen LogP contribution in [-0.2, 0) is 9.53 Å². The van der Waals surface area contributed by atoms with E-state index in [1.165, 1.54) is 12.1 Å². The van der Waals surface area contributed by atoms with Crippen LogP contribution in [0.15, 0.2) is 24.3 Å². The van der Waals surface area contributed by atoms with Crippen LogP contribution in [0.1, 0.15) is 25.5 Å². The van der Waals surface area contributed by atoms with E-state index < -0.39 is 0 Å². The lowest BCUT2D eigenvalue weighted by Crippen LogP contribution is -2.49. The van der Waals surface area contributed by atoms with E-state index in [0.717, 1.165) is 18.7 Å². The highest BCUT2D eigenvalue weighted by Gasteiger charge is 2.39. The summed E-state index contributed by atoms with van der Waals surface area (Å²) >= 11 is 3.65. The molecule has 1 aromatic carbocycles. The zero-order chi connectivity index (χ0) is 19.4. The molecule has 150 valence electrons. The zero-order valence-corrected chi connectivity index (χ0v) is 17.3. The van der Waals surface area contributed by atoms with Crippen molar-refractivity contribution in [1.82, 2.24) is 21.1 Å². The smallest absolute Gasteiger partial charge is 0.239 e. The fourth-order valence-electron chi connectivity index (χ4n) is 3.64. The van der Waals surface area contributed by atoms with E-state index in [1.54, 1.807) is 12.1 Å². The van der Waals surface area contributed by atoms with Crippen LogP contribution in [0.2, 0.25) is 0 Å². The van der Waals surface area contributed by atoms with E-state index in [9.17, 15) is 9.18 Å². The molecule has 27 heavy (non-hydrogen) atoms. The number of hydrogen-bond acceptors (Lipinski definition) is 5. The average Bonchev–Trinajstić information content (AvgIpc) is 3.06. The van der Waals surface area contributed by atoms with E-state index in [2.05, 4.69) is 50.8 Å². The predicted octanol–water partition coefficient (Wildman–Crippen LogP) is 1.58. The minimum Gasteiger partial charge on any atom is -0.379 e. The Morgan fingerprint density at radius 2 is 1.96 bits per heavy atom. The number of hydrazine groups is 1. The van der Waals surface area contributed by atoms with E-state index in [-0.39, 0.29) is 34.7 Å². The van der Waals surface area contributed by atoms with Crippen LogP contribution in [-0.4, -0.2) is 60.6 Å². The standard InChI is InChI=1S/C19H28BrFN4O2/c1-12(2)17-16(20)18(24-23-17)19(26)22-11-15(25-7-9-27-10-8-25)13-3-5-14(21)6-4-13/h3-6,12,15-18,23-24H,7-11H2,1-2H3,(H,22,26). The van der Waals surface area contributed by atoms with Crippen LogP contribution in [0.4, 0.5) is 4.39 Å².